The van der Waals surface area contributed by atoms with Crippen molar-refractivity contribution >= 4 is 12.3 Å². The molecule has 4 heteroatoms. The van der Waals surface area contributed by atoms with Gasteiger partial charge in [0.2, 0.25) is 0 Å². The summed E-state index contributed by atoms with van der Waals surface area (Å²) in [5.41, 5.74) is 5.56. The molecule has 0 amide bonds. The maximum Gasteiger partial charge on any atom is 0.320 e. The molecule has 0 aromatic heterocycles. The summed E-state index contributed by atoms with van der Waals surface area (Å²) in [4.78, 5) is 19.6. The molecular formula is C10H13NO3. The zero-order valence-corrected chi connectivity index (χ0v) is 7.88. The Hall–Kier alpha value is -1.68. The Morgan fingerprint density at radius 1 is 1.43 bits per heavy atom. The minimum absolute atomic E-state index is 0.729. The van der Waals surface area contributed by atoms with Gasteiger partial charge >= 0.3 is 5.97 Å². The minimum atomic E-state index is -0.963. The highest BCUT2D eigenvalue weighted by molar-refractivity contribution is 5.74. The zero-order valence-electron chi connectivity index (χ0n) is 7.88. The summed E-state index contributed by atoms with van der Waals surface area (Å²) in [6.45, 7) is 1.42. The smallest absolute Gasteiger partial charge is 0.320 e. The zero-order chi connectivity index (χ0) is 11.0. The molecule has 0 saturated heterocycles. The van der Waals surface area contributed by atoms with Crippen molar-refractivity contribution in [1.82, 2.24) is 0 Å². The SMILES string of the molecule is C[C@H](N)C(=O)O.O=Cc1ccccc1. The maximum absolute atomic E-state index is 10.0. The van der Waals surface area contributed by atoms with Crippen LogP contribution in [0.3, 0.4) is 0 Å². The van der Waals surface area contributed by atoms with E-state index < -0.39 is 12.0 Å². The number of hydrogen-bond donors (Lipinski definition) is 2. The molecule has 1 rings (SSSR count). The molecule has 4 nitrogen and oxygen atoms in total. The van der Waals surface area contributed by atoms with Gasteiger partial charge in [-0.1, -0.05) is 30.3 Å². The molecule has 1 aromatic carbocycles. The van der Waals surface area contributed by atoms with Gasteiger partial charge in [0.15, 0.2) is 0 Å². The van der Waals surface area contributed by atoms with Gasteiger partial charge in [-0.2, -0.15) is 0 Å². The Morgan fingerprint density at radius 3 is 2.07 bits per heavy atom. The highest BCUT2D eigenvalue weighted by Gasteiger charge is 1.99. The number of aliphatic carboxylic acids is 1. The second-order valence-electron chi connectivity index (χ2n) is 2.66. The van der Waals surface area contributed by atoms with Gasteiger partial charge in [0.05, 0.1) is 0 Å². The molecule has 0 aliphatic heterocycles. The molecule has 0 bridgehead atoms. The number of aldehydes is 1. The molecule has 0 aliphatic rings. The van der Waals surface area contributed by atoms with Gasteiger partial charge in [0, 0.05) is 5.56 Å². The Labute approximate surface area is 82.4 Å². The number of hydrogen-bond acceptors (Lipinski definition) is 3. The average molecular weight is 195 g/mol. The third-order valence-electron chi connectivity index (χ3n) is 1.33. The van der Waals surface area contributed by atoms with Gasteiger partial charge in [-0.3, -0.25) is 9.59 Å². The first-order valence-electron chi connectivity index (χ1n) is 4.06. The van der Waals surface area contributed by atoms with Gasteiger partial charge in [-0.15, -0.1) is 0 Å². The van der Waals surface area contributed by atoms with Crippen molar-refractivity contribution in [2.24, 2.45) is 5.73 Å². The number of carboxylic acid groups (broad SMARTS) is 1. The van der Waals surface area contributed by atoms with E-state index in [0.717, 1.165) is 11.8 Å². The molecule has 76 valence electrons. The molecule has 0 unspecified atom stereocenters. The van der Waals surface area contributed by atoms with E-state index in [0.29, 0.717) is 0 Å². The van der Waals surface area contributed by atoms with E-state index in [2.05, 4.69) is 0 Å². The normalized spacial score (nSPS) is 10.7. The standard InChI is InChI=1S/C7H6O.C3H7NO2/c8-6-7-4-2-1-3-5-7;1-2(4)3(5)6/h1-6H;2H,4H2,1H3,(H,5,6)/t;2-/m.0/s1. The monoisotopic (exact) mass is 195 g/mol. The molecule has 1 aromatic rings. The van der Waals surface area contributed by atoms with Gasteiger partial charge in [0.1, 0.15) is 12.3 Å². The van der Waals surface area contributed by atoms with Crippen LogP contribution in [-0.2, 0) is 4.79 Å². The van der Waals surface area contributed by atoms with Crippen LogP contribution in [0.25, 0.3) is 0 Å². The Bertz CT molecular complexity index is 283. The van der Waals surface area contributed by atoms with Crippen LogP contribution >= 0.6 is 0 Å². The summed E-state index contributed by atoms with van der Waals surface area (Å²) in [6.07, 6.45) is 0.833. The van der Waals surface area contributed by atoms with Gasteiger partial charge in [0.25, 0.3) is 0 Å². The molecule has 1 atom stereocenters. The van der Waals surface area contributed by atoms with Crippen molar-refractivity contribution in [1.29, 1.82) is 0 Å². The van der Waals surface area contributed by atoms with E-state index in [-0.39, 0.29) is 0 Å². The van der Waals surface area contributed by atoms with E-state index >= 15 is 0 Å². The van der Waals surface area contributed by atoms with Crippen LogP contribution in [0.2, 0.25) is 0 Å². The van der Waals surface area contributed by atoms with Crippen molar-refractivity contribution in [3.63, 3.8) is 0 Å². The van der Waals surface area contributed by atoms with E-state index in [1.54, 1.807) is 12.1 Å². The lowest BCUT2D eigenvalue weighted by molar-refractivity contribution is -0.138. The molecule has 0 radical (unpaired) electrons. The van der Waals surface area contributed by atoms with Gasteiger partial charge in [-0.05, 0) is 6.92 Å². The Kier molecular flexibility index (Phi) is 5.98. The number of carbonyl (C=O) groups is 2. The van der Waals surface area contributed by atoms with Crippen LogP contribution in [0.1, 0.15) is 17.3 Å². The second kappa shape index (κ2) is 6.80. The van der Waals surface area contributed by atoms with Crippen LogP contribution in [0.5, 0.6) is 0 Å². The van der Waals surface area contributed by atoms with Crippen LogP contribution in [0.15, 0.2) is 30.3 Å². The molecule has 0 heterocycles. The molecule has 0 saturated carbocycles. The van der Waals surface area contributed by atoms with Crippen molar-refractivity contribution in [2.75, 3.05) is 0 Å². The topological polar surface area (TPSA) is 80.4 Å². The lowest BCUT2D eigenvalue weighted by Crippen LogP contribution is -2.25. The number of carboxylic acids is 1. The number of rotatable bonds is 2. The van der Waals surface area contributed by atoms with Crippen molar-refractivity contribution < 1.29 is 14.7 Å². The first-order valence-corrected chi connectivity index (χ1v) is 4.06. The van der Waals surface area contributed by atoms with Crippen LogP contribution in [-0.4, -0.2) is 23.4 Å². The third kappa shape index (κ3) is 5.91. The van der Waals surface area contributed by atoms with Gasteiger partial charge < -0.3 is 10.8 Å². The summed E-state index contributed by atoms with van der Waals surface area (Å²) in [5.74, 6) is -0.963. The average Bonchev–Trinajstić information content (AvgIpc) is 2.20. The summed E-state index contributed by atoms with van der Waals surface area (Å²) >= 11 is 0. The van der Waals surface area contributed by atoms with E-state index in [1.165, 1.54) is 6.92 Å². The second-order valence-corrected chi connectivity index (χ2v) is 2.66. The van der Waals surface area contributed by atoms with E-state index in [1.807, 2.05) is 18.2 Å². The lowest BCUT2D eigenvalue weighted by atomic mass is 10.2. The van der Waals surface area contributed by atoms with E-state index in [9.17, 15) is 9.59 Å². The number of benzene rings is 1. The number of nitrogens with two attached hydrogens (primary N) is 1. The summed E-state index contributed by atoms with van der Waals surface area (Å²) in [6, 6.07) is 8.37. The first kappa shape index (κ1) is 12.3. The largest absolute Gasteiger partial charge is 0.480 e. The van der Waals surface area contributed by atoms with Crippen LogP contribution in [0, 0.1) is 0 Å². The minimum Gasteiger partial charge on any atom is -0.480 e. The molecule has 0 aliphatic carbocycles. The van der Waals surface area contributed by atoms with E-state index in [4.69, 9.17) is 10.8 Å². The highest BCUT2D eigenvalue weighted by Crippen LogP contribution is 1.91. The van der Waals surface area contributed by atoms with Crippen molar-refractivity contribution in [3.8, 4) is 0 Å². The fourth-order valence-corrected chi connectivity index (χ4v) is 0.532. The fourth-order valence-electron chi connectivity index (χ4n) is 0.532. The van der Waals surface area contributed by atoms with Crippen LogP contribution in [0.4, 0.5) is 0 Å². The highest BCUT2D eigenvalue weighted by atomic mass is 16.4. The molecule has 14 heavy (non-hydrogen) atoms. The number of carbonyl (C=O) groups excluding carboxylic acids is 1. The Balaban J connectivity index is 0.000000255. The Morgan fingerprint density at radius 2 is 1.86 bits per heavy atom. The molecule has 0 spiro atoms. The maximum atomic E-state index is 10.0. The van der Waals surface area contributed by atoms with Crippen molar-refractivity contribution in [3.05, 3.63) is 35.9 Å². The summed E-state index contributed by atoms with van der Waals surface area (Å²) in [5, 5.41) is 7.87. The predicted octanol–water partition coefficient (Wildman–Crippen LogP) is 0.917. The predicted molar refractivity (Wildman–Crippen MR) is 53.1 cm³/mol. The molecular weight excluding hydrogens is 182 g/mol. The quantitative estimate of drug-likeness (QED) is 0.687. The fraction of sp³-hybridized carbons (Fsp3) is 0.200. The van der Waals surface area contributed by atoms with Crippen LogP contribution < -0.4 is 5.73 Å². The molecule has 0 fully saturated rings. The summed E-state index contributed by atoms with van der Waals surface area (Å²) < 4.78 is 0. The van der Waals surface area contributed by atoms with Crippen molar-refractivity contribution in [2.45, 2.75) is 13.0 Å². The summed E-state index contributed by atoms with van der Waals surface area (Å²) in [7, 11) is 0. The first-order chi connectivity index (χ1) is 6.57. The van der Waals surface area contributed by atoms with Gasteiger partial charge in [-0.25, -0.2) is 0 Å². The third-order valence-corrected chi connectivity index (χ3v) is 1.33. The lowest BCUT2D eigenvalue weighted by Gasteiger charge is -1.90. The molecule has 3 N–H and O–H groups in total.